The molecule has 3 heterocycles. The van der Waals surface area contributed by atoms with E-state index >= 15 is 0 Å². The van der Waals surface area contributed by atoms with E-state index in [9.17, 15) is 4.79 Å². The number of carbonyl (C=O) groups excluding carboxylic acids is 1. The lowest BCUT2D eigenvalue weighted by Crippen LogP contribution is -2.47. The Labute approximate surface area is 139 Å². The van der Waals surface area contributed by atoms with Gasteiger partial charge in [0.15, 0.2) is 0 Å². The molecule has 23 heavy (non-hydrogen) atoms. The molecule has 0 unspecified atom stereocenters. The summed E-state index contributed by atoms with van der Waals surface area (Å²) in [5.74, 6) is 0.879. The van der Waals surface area contributed by atoms with Crippen molar-refractivity contribution in [2.75, 3.05) is 26.2 Å². The second kappa shape index (κ2) is 7.06. The molecule has 0 spiro atoms. The van der Waals surface area contributed by atoms with E-state index in [4.69, 9.17) is 4.52 Å². The zero-order valence-corrected chi connectivity index (χ0v) is 14.2. The van der Waals surface area contributed by atoms with Crippen LogP contribution in [0.2, 0.25) is 0 Å². The summed E-state index contributed by atoms with van der Waals surface area (Å²) in [7, 11) is 0. The van der Waals surface area contributed by atoms with Crippen LogP contribution in [0.25, 0.3) is 6.08 Å². The van der Waals surface area contributed by atoms with Crippen LogP contribution in [0, 0.1) is 13.8 Å². The molecular formula is C16H20N4O2S. The van der Waals surface area contributed by atoms with Crippen molar-refractivity contribution in [3.05, 3.63) is 39.7 Å². The van der Waals surface area contributed by atoms with Crippen molar-refractivity contribution in [1.29, 1.82) is 0 Å². The van der Waals surface area contributed by atoms with E-state index in [0.717, 1.165) is 54.9 Å². The van der Waals surface area contributed by atoms with Gasteiger partial charge in [0.25, 0.3) is 0 Å². The van der Waals surface area contributed by atoms with Crippen molar-refractivity contribution < 1.29 is 9.32 Å². The molecule has 0 radical (unpaired) electrons. The number of thiazole rings is 1. The van der Waals surface area contributed by atoms with Crippen molar-refractivity contribution in [3.8, 4) is 0 Å². The minimum absolute atomic E-state index is 0.0487. The predicted octanol–water partition coefficient (Wildman–Crippen LogP) is 2.11. The number of nitrogens with zero attached hydrogens (tertiary/aromatic N) is 4. The molecule has 2 aromatic heterocycles. The fraction of sp³-hybridized carbons (Fsp3) is 0.438. The van der Waals surface area contributed by atoms with Crippen LogP contribution in [0.15, 0.2) is 22.0 Å². The highest BCUT2D eigenvalue weighted by Crippen LogP contribution is 2.11. The number of carbonyl (C=O) groups is 1. The first-order valence-electron chi connectivity index (χ1n) is 7.64. The maximum Gasteiger partial charge on any atom is 0.246 e. The fourth-order valence-corrected chi connectivity index (χ4v) is 3.15. The maximum absolute atomic E-state index is 12.2. The third kappa shape index (κ3) is 4.27. The summed E-state index contributed by atoms with van der Waals surface area (Å²) in [6, 6.07) is 1.95. The molecule has 1 aliphatic rings. The number of piperazine rings is 1. The van der Waals surface area contributed by atoms with Gasteiger partial charge in [0, 0.05) is 50.2 Å². The molecule has 0 atom stereocenters. The smallest absolute Gasteiger partial charge is 0.246 e. The van der Waals surface area contributed by atoms with Crippen molar-refractivity contribution in [2.45, 2.75) is 20.4 Å². The third-order valence-electron chi connectivity index (χ3n) is 3.78. The lowest BCUT2D eigenvalue weighted by atomic mass is 10.2. The molecule has 122 valence electrons. The minimum atomic E-state index is 0.0487. The Hall–Kier alpha value is -1.99. The highest BCUT2D eigenvalue weighted by molar-refractivity contribution is 7.09. The molecule has 1 aliphatic heterocycles. The SMILES string of the molecule is Cc1cc(CN2CCN(C(=O)C=Cc3csc(C)n3)CC2)no1. The van der Waals surface area contributed by atoms with E-state index in [1.165, 1.54) is 0 Å². The van der Waals surface area contributed by atoms with Crippen LogP contribution in [-0.2, 0) is 11.3 Å². The average molecular weight is 332 g/mol. The molecule has 7 heteroatoms. The Morgan fingerprint density at radius 2 is 2.13 bits per heavy atom. The number of rotatable bonds is 4. The zero-order valence-electron chi connectivity index (χ0n) is 13.4. The van der Waals surface area contributed by atoms with Gasteiger partial charge in [-0.05, 0) is 19.9 Å². The highest BCUT2D eigenvalue weighted by atomic mass is 32.1. The van der Waals surface area contributed by atoms with Crippen LogP contribution in [0.1, 0.15) is 22.2 Å². The van der Waals surface area contributed by atoms with E-state index < -0.39 is 0 Å². The summed E-state index contributed by atoms with van der Waals surface area (Å²) in [5.41, 5.74) is 1.79. The molecule has 0 aromatic carbocycles. The summed E-state index contributed by atoms with van der Waals surface area (Å²) in [4.78, 5) is 20.7. The van der Waals surface area contributed by atoms with Gasteiger partial charge in [-0.3, -0.25) is 9.69 Å². The third-order valence-corrected chi connectivity index (χ3v) is 4.57. The second-order valence-electron chi connectivity index (χ2n) is 5.66. The first-order chi connectivity index (χ1) is 11.1. The lowest BCUT2D eigenvalue weighted by Gasteiger charge is -2.33. The average Bonchev–Trinajstić information content (AvgIpc) is 3.14. The number of hydrogen-bond acceptors (Lipinski definition) is 6. The van der Waals surface area contributed by atoms with Gasteiger partial charge in [-0.2, -0.15) is 0 Å². The van der Waals surface area contributed by atoms with Gasteiger partial charge >= 0.3 is 0 Å². The molecule has 0 aliphatic carbocycles. The van der Waals surface area contributed by atoms with Crippen LogP contribution in [-0.4, -0.2) is 52.0 Å². The Morgan fingerprint density at radius 1 is 1.35 bits per heavy atom. The van der Waals surface area contributed by atoms with E-state index in [-0.39, 0.29) is 5.91 Å². The Balaban J connectivity index is 1.48. The molecular weight excluding hydrogens is 312 g/mol. The largest absolute Gasteiger partial charge is 0.361 e. The zero-order chi connectivity index (χ0) is 16.2. The maximum atomic E-state index is 12.2. The van der Waals surface area contributed by atoms with Crippen LogP contribution < -0.4 is 0 Å². The van der Waals surface area contributed by atoms with E-state index in [2.05, 4.69) is 15.0 Å². The number of aryl methyl sites for hydroxylation is 2. The standard InChI is InChI=1S/C16H20N4O2S/c1-12-9-15(18-22-12)10-19-5-7-20(8-6-19)16(21)4-3-14-11-23-13(2)17-14/h3-4,9,11H,5-8,10H2,1-2H3. The first-order valence-corrected chi connectivity index (χ1v) is 8.52. The number of hydrogen-bond donors (Lipinski definition) is 0. The fourth-order valence-electron chi connectivity index (χ4n) is 2.57. The van der Waals surface area contributed by atoms with Gasteiger partial charge in [0.1, 0.15) is 5.76 Å². The first kappa shape index (κ1) is 15.9. The van der Waals surface area contributed by atoms with Gasteiger partial charge in [-0.15, -0.1) is 11.3 Å². The van der Waals surface area contributed by atoms with E-state index in [0.29, 0.717) is 0 Å². The monoisotopic (exact) mass is 332 g/mol. The van der Waals surface area contributed by atoms with Crippen molar-refractivity contribution in [2.24, 2.45) is 0 Å². The Morgan fingerprint density at radius 3 is 2.74 bits per heavy atom. The molecule has 0 N–H and O–H groups in total. The summed E-state index contributed by atoms with van der Waals surface area (Å²) in [5, 5.41) is 6.98. The van der Waals surface area contributed by atoms with Crippen LogP contribution >= 0.6 is 11.3 Å². The summed E-state index contributed by atoms with van der Waals surface area (Å²) in [6.45, 7) is 7.78. The normalized spacial score (nSPS) is 16.3. The molecule has 0 saturated carbocycles. The topological polar surface area (TPSA) is 62.5 Å². The highest BCUT2D eigenvalue weighted by Gasteiger charge is 2.20. The molecule has 2 aromatic rings. The van der Waals surface area contributed by atoms with Crippen LogP contribution in [0.5, 0.6) is 0 Å². The van der Waals surface area contributed by atoms with Gasteiger partial charge in [-0.1, -0.05) is 5.16 Å². The van der Waals surface area contributed by atoms with Crippen LogP contribution in [0.4, 0.5) is 0 Å². The minimum Gasteiger partial charge on any atom is -0.361 e. The van der Waals surface area contributed by atoms with Gasteiger partial charge in [0.05, 0.1) is 16.4 Å². The molecule has 1 saturated heterocycles. The van der Waals surface area contributed by atoms with Crippen LogP contribution in [0.3, 0.4) is 0 Å². The van der Waals surface area contributed by atoms with E-state index in [1.807, 2.05) is 30.2 Å². The Bertz CT molecular complexity index is 699. The molecule has 0 bridgehead atoms. The van der Waals surface area contributed by atoms with Gasteiger partial charge in [-0.25, -0.2) is 4.98 Å². The molecule has 3 rings (SSSR count). The number of aromatic nitrogens is 2. The van der Waals surface area contributed by atoms with Gasteiger partial charge in [0.2, 0.25) is 5.91 Å². The Kier molecular flexibility index (Phi) is 4.88. The molecule has 6 nitrogen and oxygen atoms in total. The molecule has 1 fully saturated rings. The summed E-state index contributed by atoms with van der Waals surface area (Å²) < 4.78 is 5.09. The van der Waals surface area contributed by atoms with Crippen molar-refractivity contribution in [1.82, 2.24) is 19.9 Å². The van der Waals surface area contributed by atoms with Crippen molar-refractivity contribution >= 4 is 23.3 Å². The molecule has 1 amide bonds. The van der Waals surface area contributed by atoms with E-state index in [1.54, 1.807) is 23.5 Å². The predicted molar refractivity (Wildman–Crippen MR) is 89.0 cm³/mol. The second-order valence-corrected chi connectivity index (χ2v) is 6.72. The summed E-state index contributed by atoms with van der Waals surface area (Å²) in [6.07, 6.45) is 3.40. The lowest BCUT2D eigenvalue weighted by molar-refractivity contribution is -0.127. The quantitative estimate of drug-likeness (QED) is 0.803. The van der Waals surface area contributed by atoms with Crippen molar-refractivity contribution in [3.63, 3.8) is 0 Å². The van der Waals surface area contributed by atoms with Gasteiger partial charge < -0.3 is 9.42 Å². The number of amides is 1. The summed E-state index contributed by atoms with van der Waals surface area (Å²) >= 11 is 1.59.